The van der Waals surface area contributed by atoms with Gasteiger partial charge in [0.05, 0.1) is 11.3 Å². The minimum absolute atomic E-state index is 0.0863. The summed E-state index contributed by atoms with van der Waals surface area (Å²) >= 11 is 6.35. The van der Waals surface area contributed by atoms with Gasteiger partial charge in [-0.3, -0.25) is 9.69 Å². The number of benzene rings is 1. The topological polar surface area (TPSA) is 66.5 Å². The van der Waals surface area contributed by atoms with Gasteiger partial charge in [0.15, 0.2) is 9.84 Å². The highest BCUT2D eigenvalue weighted by molar-refractivity contribution is 7.92. The van der Waals surface area contributed by atoms with Crippen LogP contribution in [0.4, 0.5) is 0 Å². The van der Waals surface area contributed by atoms with Crippen LogP contribution in [0, 0.1) is 0 Å². The zero-order valence-electron chi connectivity index (χ0n) is 15.6. The second-order valence-corrected chi connectivity index (χ2v) is 9.46. The summed E-state index contributed by atoms with van der Waals surface area (Å²) in [7, 11) is -3.36. The second kappa shape index (κ2) is 9.72. The molecule has 1 saturated carbocycles. The normalized spacial score (nSPS) is 16.8. The first kappa shape index (κ1) is 21.2. The van der Waals surface area contributed by atoms with E-state index in [4.69, 9.17) is 11.6 Å². The van der Waals surface area contributed by atoms with Crippen LogP contribution >= 0.6 is 11.6 Å². The number of carbonyl (C=O) groups is 1. The van der Waals surface area contributed by atoms with Crippen LogP contribution in [0.15, 0.2) is 24.3 Å². The van der Waals surface area contributed by atoms with Crippen LogP contribution in [0.25, 0.3) is 0 Å². The Balaban J connectivity index is 2.04. The molecule has 0 heterocycles. The molecule has 1 aliphatic carbocycles. The van der Waals surface area contributed by atoms with Crippen LogP contribution in [0.3, 0.4) is 0 Å². The van der Waals surface area contributed by atoms with Gasteiger partial charge < -0.3 is 5.32 Å². The largest absolute Gasteiger partial charge is 0.353 e. The zero-order valence-corrected chi connectivity index (χ0v) is 17.2. The van der Waals surface area contributed by atoms with Gasteiger partial charge in [-0.25, -0.2) is 8.42 Å². The standard InChI is InChI=1S/C19H29ClN2O3S/c1-3-22(4-2)18(16-11-7-8-12-17(16)20)13-21-19(23)14-26(24,25)15-9-5-6-10-15/h7-8,11-12,15,18H,3-6,9-10,13-14H2,1-2H3,(H,21,23). The van der Waals surface area contributed by atoms with E-state index >= 15 is 0 Å². The van der Waals surface area contributed by atoms with Gasteiger partial charge in [0.1, 0.15) is 5.75 Å². The molecule has 7 heteroatoms. The van der Waals surface area contributed by atoms with Crippen molar-refractivity contribution in [2.45, 2.75) is 50.8 Å². The quantitative estimate of drug-likeness (QED) is 0.691. The lowest BCUT2D eigenvalue weighted by Crippen LogP contribution is -2.41. The molecular weight excluding hydrogens is 372 g/mol. The molecule has 1 N–H and O–H groups in total. The van der Waals surface area contributed by atoms with Gasteiger partial charge in [0, 0.05) is 11.6 Å². The van der Waals surface area contributed by atoms with E-state index in [1.165, 1.54) is 0 Å². The van der Waals surface area contributed by atoms with Crippen molar-refractivity contribution in [2.24, 2.45) is 0 Å². The first-order valence-corrected chi connectivity index (χ1v) is 11.4. The molecule has 0 saturated heterocycles. The molecule has 1 atom stereocenters. The predicted octanol–water partition coefficient (Wildman–Crippen LogP) is 3.20. The first-order chi connectivity index (χ1) is 12.4. The third kappa shape index (κ3) is 5.44. The second-order valence-electron chi connectivity index (χ2n) is 6.78. The average Bonchev–Trinajstić information content (AvgIpc) is 3.15. The van der Waals surface area contributed by atoms with Crippen LogP contribution in [-0.2, 0) is 14.6 Å². The number of hydrogen-bond acceptors (Lipinski definition) is 4. The zero-order chi connectivity index (χ0) is 19.2. The molecule has 1 aliphatic rings. The molecule has 1 unspecified atom stereocenters. The van der Waals surface area contributed by atoms with E-state index in [1.807, 2.05) is 24.3 Å². The third-order valence-corrected chi connectivity index (χ3v) is 7.65. The van der Waals surface area contributed by atoms with Gasteiger partial charge in [-0.1, -0.05) is 56.5 Å². The van der Waals surface area contributed by atoms with E-state index in [-0.39, 0.29) is 11.3 Å². The van der Waals surface area contributed by atoms with Crippen molar-refractivity contribution in [2.75, 3.05) is 25.4 Å². The van der Waals surface area contributed by atoms with Gasteiger partial charge in [0.2, 0.25) is 5.91 Å². The van der Waals surface area contributed by atoms with Crippen molar-refractivity contribution in [3.63, 3.8) is 0 Å². The van der Waals surface area contributed by atoms with Gasteiger partial charge in [-0.15, -0.1) is 0 Å². The smallest absolute Gasteiger partial charge is 0.235 e. The van der Waals surface area contributed by atoms with Crippen molar-refractivity contribution in [3.8, 4) is 0 Å². The Labute approximate surface area is 162 Å². The van der Waals surface area contributed by atoms with E-state index in [1.54, 1.807) is 0 Å². The SMILES string of the molecule is CCN(CC)C(CNC(=O)CS(=O)(=O)C1CCCC1)c1ccccc1Cl. The molecule has 2 rings (SSSR count). The molecule has 0 aromatic heterocycles. The Morgan fingerprint density at radius 3 is 2.42 bits per heavy atom. The van der Waals surface area contributed by atoms with Crippen LogP contribution in [0.5, 0.6) is 0 Å². The van der Waals surface area contributed by atoms with Gasteiger partial charge in [-0.05, 0) is 37.6 Å². The fourth-order valence-electron chi connectivity index (χ4n) is 3.66. The van der Waals surface area contributed by atoms with E-state index in [0.717, 1.165) is 31.5 Å². The van der Waals surface area contributed by atoms with Gasteiger partial charge in [-0.2, -0.15) is 0 Å². The number of rotatable bonds is 9. The number of sulfone groups is 1. The lowest BCUT2D eigenvalue weighted by Gasteiger charge is -2.31. The fraction of sp³-hybridized carbons (Fsp3) is 0.632. The minimum Gasteiger partial charge on any atom is -0.353 e. The maximum atomic E-state index is 12.4. The molecule has 1 fully saturated rings. The summed E-state index contributed by atoms with van der Waals surface area (Å²) in [5, 5.41) is 3.12. The van der Waals surface area contributed by atoms with E-state index in [0.29, 0.717) is 24.4 Å². The summed E-state index contributed by atoms with van der Waals surface area (Å²) in [6.45, 7) is 6.06. The Kier molecular flexibility index (Phi) is 7.92. The lowest BCUT2D eigenvalue weighted by atomic mass is 10.0. The fourth-order valence-corrected chi connectivity index (χ4v) is 5.67. The third-order valence-electron chi connectivity index (χ3n) is 5.15. The molecule has 1 aromatic rings. The molecule has 0 aliphatic heterocycles. The van der Waals surface area contributed by atoms with Crippen molar-refractivity contribution < 1.29 is 13.2 Å². The maximum absolute atomic E-state index is 12.4. The van der Waals surface area contributed by atoms with E-state index < -0.39 is 21.5 Å². The molecule has 146 valence electrons. The number of hydrogen-bond donors (Lipinski definition) is 1. The van der Waals surface area contributed by atoms with Gasteiger partial charge >= 0.3 is 0 Å². The first-order valence-electron chi connectivity index (χ1n) is 9.35. The number of nitrogens with one attached hydrogen (secondary N) is 1. The molecule has 5 nitrogen and oxygen atoms in total. The van der Waals surface area contributed by atoms with E-state index in [9.17, 15) is 13.2 Å². The molecule has 0 bridgehead atoms. The maximum Gasteiger partial charge on any atom is 0.235 e. The Morgan fingerprint density at radius 1 is 1.23 bits per heavy atom. The number of likely N-dealkylation sites (N-methyl/N-ethyl adjacent to an activating group) is 1. The number of amides is 1. The summed E-state index contributed by atoms with van der Waals surface area (Å²) in [4.78, 5) is 14.5. The molecule has 1 amide bonds. The van der Waals surface area contributed by atoms with Crippen LogP contribution in [-0.4, -0.2) is 49.9 Å². The highest BCUT2D eigenvalue weighted by Crippen LogP contribution is 2.27. The highest BCUT2D eigenvalue weighted by atomic mass is 35.5. The number of nitrogens with zero attached hydrogens (tertiary/aromatic N) is 1. The van der Waals surface area contributed by atoms with Crippen molar-refractivity contribution in [1.29, 1.82) is 0 Å². The average molecular weight is 401 g/mol. The van der Waals surface area contributed by atoms with Gasteiger partial charge in [0.25, 0.3) is 0 Å². The summed E-state index contributed by atoms with van der Waals surface area (Å²) in [6.07, 6.45) is 3.22. The lowest BCUT2D eigenvalue weighted by molar-refractivity contribution is -0.118. The Hall–Kier alpha value is -1.11. The van der Waals surface area contributed by atoms with Crippen molar-refractivity contribution in [3.05, 3.63) is 34.9 Å². The molecule has 26 heavy (non-hydrogen) atoms. The van der Waals surface area contributed by atoms with Crippen molar-refractivity contribution >= 4 is 27.3 Å². The molecule has 1 aromatic carbocycles. The Morgan fingerprint density at radius 2 is 1.85 bits per heavy atom. The van der Waals surface area contributed by atoms with Crippen molar-refractivity contribution in [1.82, 2.24) is 10.2 Å². The highest BCUT2D eigenvalue weighted by Gasteiger charge is 2.31. The minimum atomic E-state index is -3.36. The molecule has 0 radical (unpaired) electrons. The van der Waals surface area contributed by atoms with Crippen LogP contribution in [0.1, 0.15) is 51.1 Å². The predicted molar refractivity (Wildman–Crippen MR) is 106 cm³/mol. The molecule has 0 spiro atoms. The summed E-state index contributed by atoms with van der Waals surface area (Å²) < 4.78 is 24.7. The van der Waals surface area contributed by atoms with Crippen LogP contribution in [0.2, 0.25) is 5.02 Å². The Bertz CT molecular complexity index is 698. The summed E-state index contributed by atoms with van der Waals surface area (Å²) in [5.74, 6) is -0.855. The number of carbonyl (C=O) groups excluding carboxylic acids is 1. The van der Waals surface area contributed by atoms with Crippen LogP contribution < -0.4 is 5.32 Å². The summed E-state index contributed by atoms with van der Waals surface area (Å²) in [5.41, 5.74) is 0.941. The van der Waals surface area contributed by atoms with E-state index in [2.05, 4.69) is 24.1 Å². The monoisotopic (exact) mass is 400 g/mol. The summed E-state index contributed by atoms with van der Waals surface area (Å²) in [6, 6.07) is 7.49. The number of halogens is 1. The molecular formula is C19H29ClN2O3S.